The molecule has 0 aromatic heterocycles. The van der Waals surface area contributed by atoms with Gasteiger partial charge in [-0.15, -0.1) is 0 Å². The summed E-state index contributed by atoms with van der Waals surface area (Å²) >= 11 is 8.82. The van der Waals surface area contributed by atoms with Crippen molar-refractivity contribution in [1.82, 2.24) is 0 Å². The van der Waals surface area contributed by atoms with Crippen molar-refractivity contribution in [3.05, 3.63) is 33.0 Å². The monoisotopic (exact) mass is 278 g/mol. The van der Waals surface area contributed by atoms with E-state index in [2.05, 4.69) is 15.9 Å². The standard InChI is InChI=1S/C10H9BrClFO/c1-6(5-14)4-7-2-3-8(11)9(12)10(7)13/h2-3,5-6H,4H2,1H3. The largest absolute Gasteiger partial charge is 0.303 e. The number of benzene rings is 1. The second kappa shape index (κ2) is 4.89. The molecule has 0 N–H and O–H groups in total. The third-order valence-electron chi connectivity index (χ3n) is 1.89. The molecule has 1 rings (SSSR count). The predicted octanol–water partition coefficient (Wildman–Crippen LogP) is 3.62. The van der Waals surface area contributed by atoms with E-state index < -0.39 is 5.82 Å². The summed E-state index contributed by atoms with van der Waals surface area (Å²) in [7, 11) is 0. The van der Waals surface area contributed by atoms with Gasteiger partial charge in [0.1, 0.15) is 12.1 Å². The molecule has 1 nitrogen and oxygen atoms in total. The zero-order valence-corrected chi connectivity index (χ0v) is 9.90. The Hall–Kier alpha value is -0.410. The molecule has 0 aliphatic rings. The summed E-state index contributed by atoms with van der Waals surface area (Å²) in [6, 6.07) is 3.31. The van der Waals surface area contributed by atoms with Gasteiger partial charge < -0.3 is 4.79 Å². The van der Waals surface area contributed by atoms with Crippen LogP contribution >= 0.6 is 27.5 Å². The van der Waals surface area contributed by atoms with E-state index in [0.717, 1.165) is 6.29 Å². The number of aldehydes is 1. The van der Waals surface area contributed by atoms with E-state index in [0.29, 0.717) is 16.5 Å². The Morgan fingerprint density at radius 2 is 2.29 bits per heavy atom. The molecule has 1 atom stereocenters. The van der Waals surface area contributed by atoms with E-state index in [9.17, 15) is 9.18 Å². The van der Waals surface area contributed by atoms with Crippen LogP contribution in [0.3, 0.4) is 0 Å². The third kappa shape index (κ3) is 2.55. The number of hydrogen-bond acceptors (Lipinski definition) is 1. The van der Waals surface area contributed by atoms with Crippen molar-refractivity contribution >= 4 is 33.8 Å². The molecule has 0 amide bonds. The normalized spacial score (nSPS) is 12.6. The smallest absolute Gasteiger partial charge is 0.146 e. The number of carbonyl (C=O) groups excluding carboxylic acids is 1. The zero-order chi connectivity index (χ0) is 10.7. The zero-order valence-electron chi connectivity index (χ0n) is 7.56. The van der Waals surface area contributed by atoms with Crippen LogP contribution in [0.4, 0.5) is 4.39 Å². The molecule has 4 heteroatoms. The summed E-state index contributed by atoms with van der Waals surface area (Å²) in [5, 5.41) is 0.0700. The quantitative estimate of drug-likeness (QED) is 0.610. The van der Waals surface area contributed by atoms with Crippen LogP contribution in [-0.4, -0.2) is 6.29 Å². The molecule has 0 heterocycles. The maximum atomic E-state index is 13.5. The number of carbonyl (C=O) groups is 1. The Labute approximate surface area is 95.4 Å². The van der Waals surface area contributed by atoms with Crippen LogP contribution < -0.4 is 0 Å². The highest BCUT2D eigenvalue weighted by atomic mass is 79.9. The molecule has 0 bridgehead atoms. The van der Waals surface area contributed by atoms with E-state index in [-0.39, 0.29) is 10.9 Å². The molecule has 0 aliphatic heterocycles. The molecule has 1 aromatic carbocycles. The lowest BCUT2D eigenvalue weighted by atomic mass is 10.0. The van der Waals surface area contributed by atoms with Crippen LogP contribution in [0.25, 0.3) is 0 Å². The van der Waals surface area contributed by atoms with Crippen LogP contribution in [0.2, 0.25) is 5.02 Å². The lowest BCUT2D eigenvalue weighted by Gasteiger charge is -2.07. The van der Waals surface area contributed by atoms with Crippen molar-refractivity contribution < 1.29 is 9.18 Å². The van der Waals surface area contributed by atoms with E-state index in [4.69, 9.17) is 11.6 Å². The molecule has 1 aromatic rings. The first kappa shape index (κ1) is 11.7. The first-order valence-electron chi connectivity index (χ1n) is 4.14. The maximum absolute atomic E-state index is 13.5. The van der Waals surface area contributed by atoms with Crippen molar-refractivity contribution in [2.75, 3.05) is 0 Å². The van der Waals surface area contributed by atoms with Crippen LogP contribution in [0.1, 0.15) is 12.5 Å². The fraction of sp³-hybridized carbons (Fsp3) is 0.300. The van der Waals surface area contributed by atoms with Gasteiger partial charge in [-0.1, -0.05) is 24.6 Å². The predicted molar refractivity (Wildman–Crippen MR) is 58.0 cm³/mol. The molecule has 76 valence electrons. The molecule has 0 aliphatic carbocycles. The van der Waals surface area contributed by atoms with Gasteiger partial charge in [0.05, 0.1) is 5.02 Å². The van der Waals surface area contributed by atoms with Crippen LogP contribution in [0, 0.1) is 11.7 Å². The third-order valence-corrected chi connectivity index (χ3v) is 3.15. The second-order valence-electron chi connectivity index (χ2n) is 3.15. The summed E-state index contributed by atoms with van der Waals surface area (Å²) in [4.78, 5) is 10.4. The highest BCUT2D eigenvalue weighted by molar-refractivity contribution is 9.10. The Morgan fingerprint density at radius 1 is 1.64 bits per heavy atom. The Morgan fingerprint density at radius 3 is 2.86 bits per heavy atom. The molecular formula is C10H9BrClFO. The first-order valence-corrected chi connectivity index (χ1v) is 5.31. The van der Waals surface area contributed by atoms with Crippen LogP contribution in [0.15, 0.2) is 16.6 Å². The minimum atomic E-state index is -0.449. The van der Waals surface area contributed by atoms with Gasteiger partial charge in [-0.25, -0.2) is 4.39 Å². The van der Waals surface area contributed by atoms with Gasteiger partial charge in [-0.05, 0) is 34.0 Å². The highest BCUT2D eigenvalue weighted by Gasteiger charge is 2.12. The Bertz CT molecular complexity index is 354. The average Bonchev–Trinajstić information content (AvgIpc) is 2.19. The van der Waals surface area contributed by atoms with Gasteiger partial charge in [-0.2, -0.15) is 0 Å². The summed E-state index contributed by atoms with van der Waals surface area (Å²) in [6.07, 6.45) is 1.18. The number of hydrogen-bond donors (Lipinski definition) is 0. The van der Waals surface area contributed by atoms with Gasteiger partial charge in [-0.3, -0.25) is 0 Å². The minimum absolute atomic E-state index is 0.0700. The minimum Gasteiger partial charge on any atom is -0.303 e. The van der Waals surface area contributed by atoms with E-state index in [1.807, 2.05) is 0 Å². The maximum Gasteiger partial charge on any atom is 0.146 e. The van der Waals surface area contributed by atoms with Gasteiger partial charge in [0.2, 0.25) is 0 Å². The molecule has 14 heavy (non-hydrogen) atoms. The molecular weight excluding hydrogens is 270 g/mol. The Kier molecular flexibility index (Phi) is 4.08. The fourth-order valence-corrected chi connectivity index (χ4v) is 1.61. The van der Waals surface area contributed by atoms with Crippen molar-refractivity contribution in [3.63, 3.8) is 0 Å². The number of halogens is 3. The van der Waals surface area contributed by atoms with Crippen LogP contribution in [0.5, 0.6) is 0 Å². The summed E-state index contributed by atoms with van der Waals surface area (Å²) in [5.74, 6) is -0.642. The van der Waals surface area contributed by atoms with Gasteiger partial charge in [0.15, 0.2) is 0 Å². The van der Waals surface area contributed by atoms with E-state index >= 15 is 0 Å². The molecule has 0 fully saturated rings. The topological polar surface area (TPSA) is 17.1 Å². The van der Waals surface area contributed by atoms with E-state index in [1.54, 1.807) is 19.1 Å². The van der Waals surface area contributed by atoms with Gasteiger partial charge in [0, 0.05) is 10.4 Å². The van der Waals surface area contributed by atoms with Crippen LogP contribution in [-0.2, 0) is 11.2 Å². The lowest BCUT2D eigenvalue weighted by molar-refractivity contribution is -0.110. The summed E-state index contributed by atoms with van der Waals surface area (Å²) in [6.45, 7) is 1.74. The second-order valence-corrected chi connectivity index (χ2v) is 4.38. The molecule has 0 spiro atoms. The summed E-state index contributed by atoms with van der Waals surface area (Å²) < 4.78 is 14.0. The van der Waals surface area contributed by atoms with Gasteiger partial charge in [0.25, 0.3) is 0 Å². The SMILES string of the molecule is CC(C=O)Cc1ccc(Br)c(Cl)c1F. The lowest BCUT2D eigenvalue weighted by Crippen LogP contribution is -2.03. The van der Waals surface area contributed by atoms with Crippen molar-refractivity contribution in [2.24, 2.45) is 5.92 Å². The Balaban J connectivity index is 2.99. The summed E-state index contributed by atoms with van der Waals surface area (Å²) in [5.41, 5.74) is 0.470. The molecule has 0 saturated carbocycles. The first-order chi connectivity index (χ1) is 6.56. The highest BCUT2D eigenvalue weighted by Crippen LogP contribution is 2.28. The van der Waals surface area contributed by atoms with Crippen molar-refractivity contribution in [2.45, 2.75) is 13.3 Å². The molecule has 0 saturated heterocycles. The van der Waals surface area contributed by atoms with Crippen molar-refractivity contribution in [3.8, 4) is 0 Å². The fourth-order valence-electron chi connectivity index (χ4n) is 1.12. The molecule has 0 radical (unpaired) electrons. The molecule has 1 unspecified atom stereocenters. The van der Waals surface area contributed by atoms with E-state index in [1.165, 1.54) is 0 Å². The number of rotatable bonds is 3. The van der Waals surface area contributed by atoms with Gasteiger partial charge >= 0.3 is 0 Å². The van der Waals surface area contributed by atoms with Crippen molar-refractivity contribution in [1.29, 1.82) is 0 Å². The average molecular weight is 280 g/mol.